The third-order valence-electron chi connectivity index (χ3n) is 2.64. The van der Waals surface area contributed by atoms with Gasteiger partial charge in [-0.25, -0.2) is 9.78 Å². The van der Waals surface area contributed by atoms with Crippen LogP contribution in [-0.2, 0) is 17.8 Å². The minimum absolute atomic E-state index is 0.331. The highest BCUT2D eigenvalue weighted by Crippen LogP contribution is 2.02. The molecule has 0 unspecified atom stereocenters. The number of hydrogen-bond acceptors (Lipinski definition) is 4. The van der Waals surface area contributed by atoms with Gasteiger partial charge in [-0.2, -0.15) is 5.10 Å². The van der Waals surface area contributed by atoms with Gasteiger partial charge in [-0.05, 0) is 13.8 Å². The van der Waals surface area contributed by atoms with Crippen LogP contribution in [-0.4, -0.2) is 31.9 Å². The SMILES string of the molecule is CCOC(=O)c1cnn(CCn2ccnc2C)c1. The van der Waals surface area contributed by atoms with Crippen LogP contribution in [0.2, 0.25) is 0 Å². The molecule has 0 spiro atoms. The smallest absolute Gasteiger partial charge is 0.341 e. The number of nitrogens with zero attached hydrogens (tertiary/aromatic N) is 4. The van der Waals surface area contributed by atoms with Crippen molar-refractivity contribution in [3.8, 4) is 0 Å². The molecule has 6 nitrogen and oxygen atoms in total. The van der Waals surface area contributed by atoms with Gasteiger partial charge in [0.15, 0.2) is 0 Å². The van der Waals surface area contributed by atoms with Crippen LogP contribution < -0.4 is 0 Å². The molecule has 0 saturated heterocycles. The Morgan fingerprint density at radius 3 is 2.94 bits per heavy atom. The fourth-order valence-corrected chi connectivity index (χ4v) is 1.66. The maximum absolute atomic E-state index is 11.5. The molecule has 0 aliphatic carbocycles. The van der Waals surface area contributed by atoms with E-state index in [0.29, 0.717) is 18.7 Å². The Kier molecular flexibility index (Phi) is 3.76. The number of carbonyl (C=O) groups excluding carboxylic acids is 1. The fourth-order valence-electron chi connectivity index (χ4n) is 1.66. The van der Waals surface area contributed by atoms with Gasteiger partial charge in [-0.15, -0.1) is 0 Å². The summed E-state index contributed by atoms with van der Waals surface area (Å²) in [7, 11) is 0. The summed E-state index contributed by atoms with van der Waals surface area (Å²) >= 11 is 0. The molecule has 0 aliphatic rings. The average Bonchev–Trinajstić information content (AvgIpc) is 2.96. The van der Waals surface area contributed by atoms with Crippen molar-refractivity contribution in [2.45, 2.75) is 26.9 Å². The monoisotopic (exact) mass is 248 g/mol. The van der Waals surface area contributed by atoms with Crippen molar-refractivity contribution in [1.82, 2.24) is 19.3 Å². The Labute approximate surface area is 105 Å². The Bertz CT molecular complexity index is 530. The standard InChI is InChI=1S/C12H16N4O2/c1-3-18-12(17)11-8-14-16(9-11)7-6-15-5-4-13-10(15)2/h4-5,8-9H,3,6-7H2,1-2H3. The molecular weight excluding hydrogens is 232 g/mol. The van der Waals surface area contributed by atoms with Crippen molar-refractivity contribution in [3.63, 3.8) is 0 Å². The Morgan fingerprint density at radius 1 is 1.44 bits per heavy atom. The molecule has 6 heteroatoms. The summed E-state index contributed by atoms with van der Waals surface area (Å²) in [5, 5.41) is 4.13. The van der Waals surface area contributed by atoms with Gasteiger partial charge in [0, 0.05) is 25.1 Å². The minimum atomic E-state index is -0.331. The van der Waals surface area contributed by atoms with E-state index in [-0.39, 0.29) is 5.97 Å². The zero-order valence-corrected chi connectivity index (χ0v) is 10.5. The second-order valence-electron chi connectivity index (χ2n) is 3.88. The molecule has 0 bridgehead atoms. The van der Waals surface area contributed by atoms with E-state index in [4.69, 9.17) is 4.74 Å². The summed E-state index contributed by atoms with van der Waals surface area (Å²) in [5.41, 5.74) is 0.485. The number of ether oxygens (including phenoxy) is 1. The van der Waals surface area contributed by atoms with Gasteiger partial charge in [0.25, 0.3) is 0 Å². The van der Waals surface area contributed by atoms with Crippen LogP contribution in [0.4, 0.5) is 0 Å². The van der Waals surface area contributed by atoms with Crippen molar-refractivity contribution < 1.29 is 9.53 Å². The van der Waals surface area contributed by atoms with E-state index in [9.17, 15) is 4.79 Å². The molecule has 2 aromatic heterocycles. The number of carbonyl (C=O) groups is 1. The molecule has 2 rings (SSSR count). The normalized spacial score (nSPS) is 10.6. The van der Waals surface area contributed by atoms with Crippen molar-refractivity contribution >= 4 is 5.97 Å². The first kappa shape index (κ1) is 12.3. The lowest BCUT2D eigenvalue weighted by molar-refractivity contribution is 0.0526. The summed E-state index contributed by atoms with van der Waals surface area (Å²) in [6.07, 6.45) is 6.91. The lowest BCUT2D eigenvalue weighted by atomic mass is 10.4. The highest BCUT2D eigenvalue weighted by Gasteiger charge is 2.09. The van der Waals surface area contributed by atoms with Crippen molar-refractivity contribution in [1.29, 1.82) is 0 Å². The van der Waals surface area contributed by atoms with Crippen LogP contribution in [0.5, 0.6) is 0 Å². The molecule has 0 atom stereocenters. The van der Waals surface area contributed by atoms with Crippen LogP contribution in [0.3, 0.4) is 0 Å². The van der Waals surface area contributed by atoms with Crippen LogP contribution in [0, 0.1) is 6.92 Å². The molecule has 2 heterocycles. The average molecular weight is 248 g/mol. The predicted octanol–water partition coefficient (Wildman–Crippen LogP) is 1.26. The van der Waals surface area contributed by atoms with E-state index in [1.165, 1.54) is 6.20 Å². The number of aryl methyl sites for hydroxylation is 3. The first-order valence-electron chi connectivity index (χ1n) is 5.88. The van der Waals surface area contributed by atoms with Gasteiger partial charge in [0.05, 0.1) is 24.9 Å². The van der Waals surface area contributed by atoms with Crippen LogP contribution >= 0.6 is 0 Å². The highest BCUT2D eigenvalue weighted by molar-refractivity contribution is 5.88. The zero-order valence-electron chi connectivity index (χ0n) is 10.5. The lowest BCUT2D eigenvalue weighted by Crippen LogP contribution is -2.08. The van der Waals surface area contributed by atoms with Crippen molar-refractivity contribution in [3.05, 3.63) is 36.2 Å². The first-order chi connectivity index (χ1) is 8.70. The van der Waals surface area contributed by atoms with Gasteiger partial charge < -0.3 is 9.30 Å². The van der Waals surface area contributed by atoms with Crippen LogP contribution in [0.25, 0.3) is 0 Å². The van der Waals surface area contributed by atoms with E-state index in [1.807, 2.05) is 17.7 Å². The van der Waals surface area contributed by atoms with Gasteiger partial charge >= 0.3 is 5.97 Å². The van der Waals surface area contributed by atoms with Crippen molar-refractivity contribution in [2.75, 3.05) is 6.61 Å². The second kappa shape index (κ2) is 5.48. The number of aromatic nitrogens is 4. The minimum Gasteiger partial charge on any atom is -0.462 e. The maximum Gasteiger partial charge on any atom is 0.341 e. The molecular formula is C12H16N4O2. The Hall–Kier alpha value is -2.11. The summed E-state index contributed by atoms with van der Waals surface area (Å²) in [6.45, 7) is 5.57. The quantitative estimate of drug-likeness (QED) is 0.747. The largest absolute Gasteiger partial charge is 0.462 e. The zero-order chi connectivity index (χ0) is 13.0. The summed E-state index contributed by atoms with van der Waals surface area (Å²) in [5.74, 6) is 0.635. The van der Waals surface area contributed by atoms with E-state index in [1.54, 1.807) is 24.0 Å². The first-order valence-corrected chi connectivity index (χ1v) is 5.88. The molecule has 0 amide bonds. The van der Waals surface area contributed by atoms with E-state index >= 15 is 0 Å². The van der Waals surface area contributed by atoms with Crippen molar-refractivity contribution in [2.24, 2.45) is 0 Å². The van der Waals surface area contributed by atoms with Gasteiger partial charge in [0.1, 0.15) is 5.82 Å². The maximum atomic E-state index is 11.5. The van der Waals surface area contributed by atoms with Gasteiger partial charge in [-0.3, -0.25) is 4.68 Å². The van der Waals surface area contributed by atoms with Crippen LogP contribution in [0.15, 0.2) is 24.8 Å². The number of esters is 1. The second-order valence-corrected chi connectivity index (χ2v) is 3.88. The number of imidazole rings is 1. The van der Waals surface area contributed by atoms with E-state index in [2.05, 4.69) is 10.1 Å². The molecule has 2 aromatic rings. The van der Waals surface area contributed by atoms with Crippen LogP contribution in [0.1, 0.15) is 23.1 Å². The Morgan fingerprint density at radius 2 is 2.28 bits per heavy atom. The summed E-state index contributed by atoms with van der Waals surface area (Å²) in [6, 6.07) is 0. The molecule has 96 valence electrons. The molecule has 0 radical (unpaired) electrons. The third-order valence-corrected chi connectivity index (χ3v) is 2.64. The predicted molar refractivity (Wildman–Crippen MR) is 65.1 cm³/mol. The molecule has 0 fully saturated rings. The third kappa shape index (κ3) is 2.77. The Balaban J connectivity index is 1.95. The molecule has 0 N–H and O–H groups in total. The van der Waals surface area contributed by atoms with E-state index < -0.39 is 0 Å². The summed E-state index contributed by atoms with van der Waals surface area (Å²) in [4.78, 5) is 15.6. The fraction of sp³-hybridized carbons (Fsp3) is 0.417. The number of rotatable bonds is 5. The van der Waals surface area contributed by atoms with Gasteiger partial charge in [-0.1, -0.05) is 0 Å². The van der Waals surface area contributed by atoms with E-state index in [0.717, 1.165) is 12.4 Å². The lowest BCUT2D eigenvalue weighted by Gasteiger charge is -2.04. The molecule has 0 saturated carbocycles. The highest BCUT2D eigenvalue weighted by atomic mass is 16.5. The molecule has 0 aromatic carbocycles. The molecule has 0 aliphatic heterocycles. The van der Waals surface area contributed by atoms with Gasteiger partial charge in [0.2, 0.25) is 0 Å². The number of hydrogen-bond donors (Lipinski definition) is 0. The topological polar surface area (TPSA) is 61.9 Å². The molecule has 18 heavy (non-hydrogen) atoms. The summed E-state index contributed by atoms with van der Waals surface area (Å²) < 4.78 is 8.66.